The summed E-state index contributed by atoms with van der Waals surface area (Å²) in [6.07, 6.45) is 63.2. The number of allylic oxidation sites excluding steroid dienone is 23. The number of anilines is 3. The van der Waals surface area contributed by atoms with E-state index in [-0.39, 0.29) is 0 Å². The highest BCUT2D eigenvalue weighted by Crippen LogP contribution is 2.39. The van der Waals surface area contributed by atoms with Gasteiger partial charge in [-0.2, -0.15) is 0 Å². The average Bonchev–Trinajstić information content (AvgIpc) is 3.80. The highest BCUT2D eigenvalue weighted by Gasteiger charge is 2.25. The molecule has 0 bridgehead atoms. The fourth-order valence-electron chi connectivity index (χ4n) is 8.62. The van der Waals surface area contributed by atoms with E-state index in [1.165, 1.54) is 108 Å². The van der Waals surface area contributed by atoms with Crippen molar-refractivity contribution in [3.05, 3.63) is 266 Å². The second kappa shape index (κ2) is 24.9. The first-order valence-corrected chi connectivity index (χ1v) is 23.1. The minimum absolute atomic E-state index is 0.378. The molecule has 0 aliphatic heterocycles. The molecule has 63 heavy (non-hydrogen) atoms. The maximum absolute atomic E-state index is 3.55. The predicted octanol–water partition coefficient (Wildman–Crippen LogP) is 16.4. The molecule has 1 unspecified atom stereocenters. The first kappa shape index (κ1) is 44.7. The van der Waals surface area contributed by atoms with Gasteiger partial charge in [-0.05, 0) is 104 Å². The smallest absolute Gasteiger partial charge is 0.0493 e. The van der Waals surface area contributed by atoms with Gasteiger partial charge >= 0.3 is 0 Å². The van der Waals surface area contributed by atoms with Crippen molar-refractivity contribution in [1.29, 1.82) is 0 Å². The Bertz CT molecular complexity index is 2370. The first-order chi connectivity index (χ1) is 31.2. The second-order valence-electron chi connectivity index (χ2n) is 16.5. The summed E-state index contributed by atoms with van der Waals surface area (Å²) < 4.78 is 0. The van der Waals surface area contributed by atoms with Crippen LogP contribution in [0.3, 0.4) is 0 Å². The van der Waals surface area contributed by atoms with Crippen molar-refractivity contribution in [3.63, 3.8) is 0 Å². The van der Waals surface area contributed by atoms with Gasteiger partial charge in [0.05, 0.1) is 0 Å². The maximum atomic E-state index is 3.55. The molecule has 4 aromatic rings. The lowest BCUT2D eigenvalue weighted by atomic mass is 9.89. The predicted molar refractivity (Wildman–Crippen MR) is 275 cm³/mol. The van der Waals surface area contributed by atoms with Crippen LogP contribution < -0.4 is 10.2 Å². The Morgan fingerprint density at radius 1 is 0.540 bits per heavy atom. The number of hydrogen-bond acceptors (Lipinski definition) is 2. The lowest BCUT2D eigenvalue weighted by molar-refractivity contribution is 0.436. The van der Waals surface area contributed by atoms with E-state index in [2.05, 4.69) is 151 Å². The van der Waals surface area contributed by atoms with Gasteiger partial charge in [-0.3, -0.25) is 0 Å². The molecule has 0 saturated heterocycles. The van der Waals surface area contributed by atoms with Crippen LogP contribution in [-0.4, -0.2) is 6.04 Å². The Labute approximate surface area is 378 Å². The van der Waals surface area contributed by atoms with Crippen molar-refractivity contribution >= 4 is 27.8 Å². The summed E-state index contributed by atoms with van der Waals surface area (Å²) in [5, 5.41) is 6.21. The molecular formula is C61H63N2. The third kappa shape index (κ3) is 13.8. The first-order valence-electron chi connectivity index (χ1n) is 23.1. The molecule has 6 aliphatic rings. The largest absolute Gasteiger partial charge is 0.358 e. The zero-order valence-electron chi connectivity index (χ0n) is 37.0. The van der Waals surface area contributed by atoms with Crippen molar-refractivity contribution in [2.75, 3.05) is 10.2 Å². The SMILES string of the molecule is C1=C\C=C/C=C\C=C/1.CC1=C[CH]C(c2ccc(N(c3cccc4ccccc34)C3CCCCC3)cc2)C=C1.[CH]1C=CC=CC=C1.[CH]1C=CC=CC=C1Nc1cccc2c1CCCC2. The van der Waals surface area contributed by atoms with Crippen LogP contribution in [0.25, 0.3) is 10.8 Å². The van der Waals surface area contributed by atoms with Crippen LogP contribution in [0.2, 0.25) is 0 Å². The van der Waals surface area contributed by atoms with E-state index >= 15 is 0 Å². The Hall–Kier alpha value is -6.38. The minimum Gasteiger partial charge on any atom is -0.358 e. The van der Waals surface area contributed by atoms with Crippen molar-refractivity contribution in [2.45, 2.75) is 76.7 Å². The van der Waals surface area contributed by atoms with E-state index in [4.69, 9.17) is 0 Å². The van der Waals surface area contributed by atoms with E-state index in [1.54, 1.807) is 0 Å². The van der Waals surface area contributed by atoms with Crippen molar-refractivity contribution in [3.8, 4) is 0 Å². The zero-order valence-corrected chi connectivity index (χ0v) is 37.0. The topological polar surface area (TPSA) is 15.3 Å². The Morgan fingerprint density at radius 3 is 1.89 bits per heavy atom. The van der Waals surface area contributed by atoms with Gasteiger partial charge in [0.2, 0.25) is 0 Å². The molecule has 1 fully saturated rings. The lowest BCUT2D eigenvalue weighted by Gasteiger charge is -2.37. The summed E-state index contributed by atoms with van der Waals surface area (Å²) in [5.41, 5.74) is 10.8. The number of nitrogens with zero attached hydrogens (tertiary/aromatic N) is 1. The number of fused-ring (bicyclic) bond motifs is 2. The number of nitrogens with one attached hydrogen (secondary N) is 1. The monoisotopic (exact) mass is 823 g/mol. The van der Waals surface area contributed by atoms with E-state index in [9.17, 15) is 0 Å². The van der Waals surface area contributed by atoms with E-state index in [0.717, 1.165) is 5.70 Å². The highest BCUT2D eigenvalue weighted by molar-refractivity contribution is 5.96. The Balaban J connectivity index is 0.000000151. The van der Waals surface area contributed by atoms with Crippen molar-refractivity contribution < 1.29 is 0 Å². The standard InChI is InChI=1S/C29H30N.C17H18N.C8H8.C7H7/c1-22-14-16-23(17-15-22)24-18-20-27(21-19-24)30(26-10-3-2-4-11-26)29-13-7-9-25-8-5-6-12-28(25)29;1-2-4-11-15(10-3-1)18-17-13-7-9-14-8-5-6-12-16(14)17;1-2-4-6-8-7-5-3-1;1-2-4-6-7-5-3-1/h5-9,12-21,23,26H,2-4,10-11H2,1H3;1-4,7,9-11,13,18H,5-6,8,12H2;1-8H;1-7H/b;;2-1-,3-1?,4-2?,5-3-,6-4-,7-5?,8-6?,8-7-;. The van der Waals surface area contributed by atoms with Crippen LogP contribution in [0.4, 0.5) is 17.1 Å². The van der Waals surface area contributed by atoms with Gasteiger partial charge in [0, 0.05) is 52.9 Å². The van der Waals surface area contributed by atoms with Gasteiger partial charge in [-0.1, -0.05) is 213 Å². The number of rotatable bonds is 6. The molecule has 0 heterocycles. The molecule has 1 atom stereocenters. The van der Waals surface area contributed by atoms with Crippen LogP contribution in [0, 0.1) is 19.3 Å². The molecule has 317 valence electrons. The molecule has 4 aromatic carbocycles. The molecule has 1 saturated carbocycles. The van der Waals surface area contributed by atoms with Crippen molar-refractivity contribution in [1.82, 2.24) is 0 Å². The molecule has 0 aromatic heterocycles. The third-order valence-corrected chi connectivity index (χ3v) is 11.9. The summed E-state index contributed by atoms with van der Waals surface area (Å²) in [6, 6.07) is 32.0. The van der Waals surface area contributed by atoms with Gasteiger partial charge < -0.3 is 10.2 Å². The molecule has 1 N–H and O–H groups in total. The fourth-order valence-corrected chi connectivity index (χ4v) is 8.62. The summed E-state index contributed by atoms with van der Waals surface area (Å²) in [6.45, 7) is 2.15. The number of aryl methyl sites for hydroxylation is 1. The van der Waals surface area contributed by atoms with Crippen molar-refractivity contribution in [2.24, 2.45) is 0 Å². The summed E-state index contributed by atoms with van der Waals surface area (Å²) in [7, 11) is 0. The van der Waals surface area contributed by atoms with Gasteiger partial charge in [-0.25, -0.2) is 0 Å². The molecule has 0 spiro atoms. The molecule has 2 nitrogen and oxygen atoms in total. The van der Waals surface area contributed by atoms with Crippen LogP contribution >= 0.6 is 0 Å². The molecule has 6 aliphatic carbocycles. The van der Waals surface area contributed by atoms with Gasteiger partial charge in [0.25, 0.3) is 0 Å². The quantitative estimate of drug-likeness (QED) is 0.208. The second-order valence-corrected chi connectivity index (χ2v) is 16.5. The van der Waals surface area contributed by atoms with E-state index in [1.807, 2.05) is 104 Å². The molecule has 10 rings (SSSR count). The maximum Gasteiger partial charge on any atom is 0.0493 e. The highest BCUT2D eigenvalue weighted by atomic mass is 15.2. The lowest BCUT2D eigenvalue weighted by Crippen LogP contribution is -2.33. The van der Waals surface area contributed by atoms with Crippen LogP contribution in [-0.2, 0) is 12.8 Å². The molecular weight excluding hydrogens is 761 g/mol. The van der Waals surface area contributed by atoms with Gasteiger partial charge in [0.15, 0.2) is 0 Å². The Morgan fingerprint density at radius 2 is 1.17 bits per heavy atom. The van der Waals surface area contributed by atoms with Crippen LogP contribution in [0.5, 0.6) is 0 Å². The minimum atomic E-state index is 0.378. The van der Waals surface area contributed by atoms with E-state index < -0.39 is 0 Å². The average molecular weight is 824 g/mol. The third-order valence-electron chi connectivity index (χ3n) is 11.9. The summed E-state index contributed by atoms with van der Waals surface area (Å²) in [4.78, 5) is 2.62. The van der Waals surface area contributed by atoms with Gasteiger partial charge in [-0.15, -0.1) is 0 Å². The van der Waals surface area contributed by atoms with Gasteiger partial charge in [0.1, 0.15) is 0 Å². The van der Waals surface area contributed by atoms with Crippen LogP contribution in [0.15, 0.2) is 230 Å². The summed E-state index contributed by atoms with van der Waals surface area (Å²) >= 11 is 0. The molecule has 2 heteroatoms. The molecule has 0 amide bonds. The zero-order chi connectivity index (χ0) is 43.2. The summed E-state index contributed by atoms with van der Waals surface area (Å²) in [5.74, 6) is 0.378. The van der Waals surface area contributed by atoms with E-state index in [0.29, 0.717) is 12.0 Å². The number of benzene rings is 4. The van der Waals surface area contributed by atoms with Crippen LogP contribution in [0.1, 0.15) is 74.5 Å². The Kier molecular flexibility index (Phi) is 17.7. The fraction of sp³-hybridized carbons (Fsp3) is 0.197. The normalized spacial score (nSPS) is 20.4. The molecule has 3 radical (unpaired) electrons. The number of hydrogen-bond donors (Lipinski definition) is 1.